The molecule has 26 heavy (non-hydrogen) atoms. The number of nitriles is 1. The van der Waals surface area contributed by atoms with Crippen LogP contribution >= 0.6 is 0 Å². The lowest BCUT2D eigenvalue weighted by Crippen LogP contribution is -2.36. The van der Waals surface area contributed by atoms with Gasteiger partial charge in [0.1, 0.15) is 11.9 Å². The number of hydrogen-bond donors (Lipinski definition) is 1. The summed E-state index contributed by atoms with van der Waals surface area (Å²) in [5, 5.41) is 11.8. The number of imide groups is 1. The molecule has 1 aromatic carbocycles. The van der Waals surface area contributed by atoms with Crippen molar-refractivity contribution in [3.05, 3.63) is 35.6 Å². The van der Waals surface area contributed by atoms with E-state index in [0.717, 1.165) is 25.7 Å². The van der Waals surface area contributed by atoms with Crippen molar-refractivity contribution in [1.29, 1.82) is 5.26 Å². The minimum absolute atomic E-state index is 0.0259. The van der Waals surface area contributed by atoms with Crippen molar-refractivity contribution in [3.8, 4) is 6.07 Å². The third-order valence-corrected chi connectivity index (χ3v) is 5.13. The highest BCUT2D eigenvalue weighted by Crippen LogP contribution is 2.37. The zero-order valence-electron chi connectivity index (χ0n) is 14.3. The lowest BCUT2D eigenvalue weighted by Gasteiger charge is -2.19. The molecule has 7 heteroatoms. The summed E-state index contributed by atoms with van der Waals surface area (Å²) in [5.74, 6) is -1.68. The van der Waals surface area contributed by atoms with Gasteiger partial charge < -0.3 is 5.32 Å². The molecule has 2 fully saturated rings. The van der Waals surface area contributed by atoms with E-state index in [9.17, 15) is 24.0 Å². The molecule has 0 radical (unpaired) electrons. The average Bonchev–Trinajstić information content (AvgIpc) is 2.90. The second kappa shape index (κ2) is 7.65. The van der Waals surface area contributed by atoms with Crippen LogP contribution in [0.3, 0.4) is 0 Å². The van der Waals surface area contributed by atoms with Crippen LogP contribution in [0.4, 0.5) is 4.39 Å². The maximum absolute atomic E-state index is 13.0. The van der Waals surface area contributed by atoms with Gasteiger partial charge in [-0.2, -0.15) is 5.26 Å². The maximum Gasteiger partial charge on any atom is 0.233 e. The predicted molar refractivity (Wildman–Crippen MR) is 89.7 cm³/mol. The van der Waals surface area contributed by atoms with Gasteiger partial charge in [0.05, 0.1) is 17.9 Å². The average molecular weight is 357 g/mol. The Morgan fingerprint density at radius 3 is 2.31 bits per heavy atom. The molecule has 0 spiro atoms. The minimum Gasteiger partial charge on any atom is -0.337 e. The fourth-order valence-electron chi connectivity index (χ4n) is 3.74. The van der Waals surface area contributed by atoms with Crippen molar-refractivity contribution in [3.63, 3.8) is 0 Å². The van der Waals surface area contributed by atoms with Crippen molar-refractivity contribution in [1.82, 2.24) is 10.2 Å². The summed E-state index contributed by atoms with van der Waals surface area (Å²) < 4.78 is 13.0. The zero-order valence-corrected chi connectivity index (χ0v) is 14.3. The van der Waals surface area contributed by atoms with E-state index in [-0.39, 0.29) is 36.6 Å². The molecular weight excluding hydrogens is 337 g/mol. The van der Waals surface area contributed by atoms with Crippen LogP contribution in [0.1, 0.15) is 43.7 Å². The van der Waals surface area contributed by atoms with Gasteiger partial charge in [0.15, 0.2) is 0 Å². The molecule has 1 aromatic rings. The molecule has 1 N–H and O–H groups in total. The van der Waals surface area contributed by atoms with Crippen LogP contribution < -0.4 is 5.32 Å². The van der Waals surface area contributed by atoms with Gasteiger partial charge in [0.2, 0.25) is 17.7 Å². The zero-order chi connectivity index (χ0) is 18.7. The first-order chi connectivity index (χ1) is 12.5. The first kappa shape index (κ1) is 18.1. The van der Waals surface area contributed by atoms with Gasteiger partial charge in [-0.25, -0.2) is 4.39 Å². The number of benzene rings is 1. The monoisotopic (exact) mass is 357 g/mol. The second-order valence-electron chi connectivity index (χ2n) is 6.76. The number of likely N-dealkylation sites (tertiary alicyclic amines) is 1. The molecule has 1 aliphatic heterocycles. The molecule has 1 saturated heterocycles. The van der Waals surface area contributed by atoms with Gasteiger partial charge in [-0.15, -0.1) is 0 Å². The van der Waals surface area contributed by atoms with Crippen molar-refractivity contribution in [2.45, 2.75) is 38.1 Å². The van der Waals surface area contributed by atoms with Crippen molar-refractivity contribution < 1.29 is 18.8 Å². The molecular formula is C19H20FN3O3. The van der Waals surface area contributed by atoms with Gasteiger partial charge in [-0.05, 0) is 30.5 Å². The molecule has 1 saturated carbocycles. The Morgan fingerprint density at radius 2 is 1.77 bits per heavy atom. The maximum atomic E-state index is 13.0. The van der Waals surface area contributed by atoms with Crippen molar-refractivity contribution in [2.24, 2.45) is 11.8 Å². The van der Waals surface area contributed by atoms with E-state index < -0.39 is 17.8 Å². The van der Waals surface area contributed by atoms with Crippen molar-refractivity contribution >= 4 is 17.7 Å². The summed E-state index contributed by atoms with van der Waals surface area (Å²) in [4.78, 5) is 38.1. The highest BCUT2D eigenvalue weighted by atomic mass is 19.1. The molecule has 6 nitrogen and oxygen atoms in total. The highest BCUT2D eigenvalue weighted by molar-refractivity contribution is 6.05. The van der Waals surface area contributed by atoms with Gasteiger partial charge >= 0.3 is 0 Å². The Labute approximate surface area is 151 Å². The first-order valence-electron chi connectivity index (χ1n) is 8.81. The van der Waals surface area contributed by atoms with Crippen LogP contribution in [0.25, 0.3) is 0 Å². The molecule has 3 amide bonds. The first-order valence-corrected chi connectivity index (χ1v) is 8.81. The molecule has 0 aromatic heterocycles. The van der Waals surface area contributed by atoms with Crippen LogP contribution in [0.5, 0.6) is 0 Å². The summed E-state index contributed by atoms with van der Waals surface area (Å²) in [6, 6.07) is 6.35. The number of carbonyl (C=O) groups is 3. The molecule has 3 atom stereocenters. The summed E-state index contributed by atoms with van der Waals surface area (Å²) in [5.41, 5.74) is 0.474. The summed E-state index contributed by atoms with van der Waals surface area (Å²) >= 11 is 0. The third-order valence-electron chi connectivity index (χ3n) is 5.13. The number of nitrogens with one attached hydrogen (secondary N) is 1. The topological polar surface area (TPSA) is 90.3 Å². The SMILES string of the molecule is N#C[C@H](NC(=O)CCN1C(=O)[C@H]2CCCC[C@@H]2C1=O)c1ccc(F)cc1. The number of fused-ring (bicyclic) bond motifs is 1. The molecule has 1 heterocycles. The van der Waals surface area contributed by atoms with Gasteiger partial charge in [-0.1, -0.05) is 25.0 Å². The quantitative estimate of drug-likeness (QED) is 0.817. The molecule has 0 unspecified atom stereocenters. The van der Waals surface area contributed by atoms with Gasteiger partial charge in [0.25, 0.3) is 0 Å². The minimum atomic E-state index is -0.907. The van der Waals surface area contributed by atoms with Crippen molar-refractivity contribution in [2.75, 3.05) is 6.54 Å². The Morgan fingerprint density at radius 1 is 1.19 bits per heavy atom. The van der Waals surface area contributed by atoms with Crippen LogP contribution in [-0.4, -0.2) is 29.2 Å². The van der Waals surface area contributed by atoms with E-state index in [1.54, 1.807) is 0 Å². The number of amides is 3. The van der Waals surface area contributed by atoms with Gasteiger partial charge in [-0.3, -0.25) is 19.3 Å². The Bertz CT molecular complexity index is 732. The van der Waals surface area contributed by atoms with E-state index in [0.29, 0.717) is 5.56 Å². The Hall–Kier alpha value is -2.75. The lowest BCUT2D eigenvalue weighted by molar-refractivity contribution is -0.140. The molecule has 1 aliphatic carbocycles. The molecule has 0 bridgehead atoms. The number of halogens is 1. The summed E-state index contributed by atoms with van der Waals surface area (Å²) in [7, 11) is 0. The number of nitrogens with zero attached hydrogens (tertiary/aromatic N) is 2. The summed E-state index contributed by atoms with van der Waals surface area (Å²) in [6.07, 6.45) is 3.32. The Kier molecular flexibility index (Phi) is 5.31. The van der Waals surface area contributed by atoms with E-state index in [1.807, 2.05) is 6.07 Å². The number of carbonyl (C=O) groups excluding carboxylic acids is 3. The fraction of sp³-hybridized carbons (Fsp3) is 0.474. The third kappa shape index (κ3) is 3.59. The molecule has 136 valence electrons. The number of hydrogen-bond acceptors (Lipinski definition) is 4. The second-order valence-corrected chi connectivity index (χ2v) is 6.76. The van der Waals surface area contributed by atoms with E-state index >= 15 is 0 Å². The van der Waals surface area contributed by atoms with Gasteiger partial charge in [0, 0.05) is 13.0 Å². The van der Waals surface area contributed by atoms with E-state index in [1.165, 1.54) is 29.2 Å². The number of rotatable bonds is 5. The Balaban J connectivity index is 1.56. The predicted octanol–water partition coefficient (Wildman–Crippen LogP) is 2.07. The smallest absolute Gasteiger partial charge is 0.233 e. The van der Waals surface area contributed by atoms with Crippen LogP contribution in [-0.2, 0) is 14.4 Å². The molecule has 2 aliphatic rings. The normalized spacial score (nSPS) is 23.3. The lowest BCUT2D eigenvalue weighted by atomic mass is 9.81. The fourth-order valence-corrected chi connectivity index (χ4v) is 3.74. The largest absolute Gasteiger partial charge is 0.337 e. The van der Waals surface area contributed by atoms with Crippen LogP contribution in [0, 0.1) is 29.0 Å². The standard InChI is InChI=1S/C19H20FN3O3/c20-13-7-5-12(6-8-13)16(11-21)22-17(24)9-10-23-18(25)14-3-1-2-4-15(14)19(23)26/h5-8,14-16H,1-4,9-10H2,(H,22,24)/t14-,15-,16-/m0/s1. The van der Waals surface area contributed by atoms with E-state index in [2.05, 4.69) is 5.32 Å². The molecule has 3 rings (SSSR count). The van der Waals surface area contributed by atoms with Crippen LogP contribution in [0.15, 0.2) is 24.3 Å². The highest BCUT2D eigenvalue weighted by Gasteiger charge is 2.47. The summed E-state index contributed by atoms with van der Waals surface area (Å²) in [6.45, 7) is 0.0259. The van der Waals surface area contributed by atoms with Crippen LogP contribution in [0.2, 0.25) is 0 Å². The van der Waals surface area contributed by atoms with E-state index in [4.69, 9.17) is 0 Å².